The summed E-state index contributed by atoms with van der Waals surface area (Å²) in [6.45, 7) is 5.04. The summed E-state index contributed by atoms with van der Waals surface area (Å²) in [4.78, 5) is 14.8. The van der Waals surface area contributed by atoms with Crippen LogP contribution in [0.2, 0.25) is 0 Å². The van der Waals surface area contributed by atoms with Gasteiger partial charge in [0.05, 0.1) is 34.1 Å². The number of nitrogens with one attached hydrogen (secondary N) is 1. The van der Waals surface area contributed by atoms with Crippen LogP contribution < -0.4 is 9.03 Å². The molecule has 0 aliphatic carbocycles. The predicted molar refractivity (Wildman–Crippen MR) is 124 cm³/mol. The molecule has 0 radical (unpaired) electrons. The van der Waals surface area contributed by atoms with Gasteiger partial charge in [-0.05, 0) is 76.2 Å². The van der Waals surface area contributed by atoms with Gasteiger partial charge >= 0.3 is 0 Å². The van der Waals surface area contributed by atoms with E-state index in [1.807, 2.05) is 6.07 Å². The van der Waals surface area contributed by atoms with Gasteiger partial charge in [-0.3, -0.25) is 9.69 Å². The Morgan fingerprint density at radius 3 is 2.30 bits per heavy atom. The van der Waals surface area contributed by atoms with Crippen molar-refractivity contribution in [2.75, 3.05) is 29.7 Å². The lowest BCUT2D eigenvalue weighted by Gasteiger charge is -2.33. The van der Waals surface area contributed by atoms with E-state index in [-0.39, 0.29) is 28.9 Å². The lowest BCUT2D eigenvalue weighted by atomic mass is 9.95. The average Bonchev–Trinajstić information content (AvgIpc) is 3.33. The van der Waals surface area contributed by atoms with Crippen LogP contribution in [0.15, 0.2) is 52.0 Å². The number of carbonyl (C=O) groups is 1. The first-order valence-electron chi connectivity index (χ1n) is 11.0. The molecule has 1 unspecified atom stereocenters. The van der Waals surface area contributed by atoms with Crippen LogP contribution in [0.25, 0.3) is 0 Å². The molecule has 1 aromatic carbocycles. The van der Waals surface area contributed by atoms with Gasteiger partial charge in [-0.15, -0.1) is 0 Å². The van der Waals surface area contributed by atoms with Gasteiger partial charge in [-0.2, -0.15) is 0 Å². The van der Waals surface area contributed by atoms with Crippen LogP contribution in [0.3, 0.4) is 0 Å². The lowest BCUT2D eigenvalue weighted by Crippen LogP contribution is -2.40. The number of hydrogen-bond acceptors (Lipinski definition) is 7. The highest BCUT2D eigenvalue weighted by Crippen LogP contribution is 2.36. The number of benzene rings is 1. The number of piperidine rings is 1. The van der Waals surface area contributed by atoms with Gasteiger partial charge in [0.25, 0.3) is 0 Å². The molecule has 4 rings (SSSR count). The van der Waals surface area contributed by atoms with Crippen LogP contribution in [0.1, 0.15) is 44.9 Å². The van der Waals surface area contributed by atoms with E-state index in [1.165, 1.54) is 24.3 Å². The second-order valence-electron chi connectivity index (χ2n) is 9.18. The van der Waals surface area contributed by atoms with Crippen molar-refractivity contribution in [2.45, 2.75) is 44.0 Å². The first kappa shape index (κ1) is 23.9. The van der Waals surface area contributed by atoms with Crippen molar-refractivity contribution in [3.63, 3.8) is 0 Å². The Hall–Kier alpha value is -2.21. The Kier molecular flexibility index (Phi) is 6.43. The number of carbonyl (C=O) groups excluding carboxylic acids is 1. The zero-order valence-corrected chi connectivity index (χ0v) is 20.4. The number of nitrogens with zero attached hydrogens (tertiary/aromatic N) is 2. The largest absolute Gasteiger partial charge is 0.468 e. The summed E-state index contributed by atoms with van der Waals surface area (Å²) >= 11 is 0. The number of sulfonamides is 2. The molecule has 11 heteroatoms. The molecule has 0 saturated carbocycles. The summed E-state index contributed by atoms with van der Waals surface area (Å²) < 4.78 is 59.8. The van der Waals surface area contributed by atoms with E-state index in [0.29, 0.717) is 5.76 Å². The van der Waals surface area contributed by atoms with E-state index >= 15 is 0 Å². The topological polar surface area (TPSA) is 117 Å². The van der Waals surface area contributed by atoms with Gasteiger partial charge in [0, 0.05) is 6.54 Å². The second kappa shape index (κ2) is 8.86. The Morgan fingerprint density at radius 1 is 1.09 bits per heavy atom. The Morgan fingerprint density at radius 2 is 1.76 bits per heavy atom. The third kappa shape index (κ3) is 4.86. The van der Waals surface area contributed by atoms with Crippen molar-refractivity contribution in [3.8, 4) is 0 Å². The standard InChI is InChI=1S/C22H29N3O6S2/c1-22(2)16-32(27,28)25(21(22)26)17-8-10-18(11-9-17)33(29,30)23-15-19(20-7-6-14-31-20)24-12-4-3-5-13-24/h6-11,14,19,23H,3-5,12-13,15-16H2,1-2H3. The molecule has 9 nitrogen and oxygen atoms in total. The molecule has 180 valence electrons. The monoisotopic (exact) mass is 495 g/mol. The van der Waals surface area contributed by atoms with E-state index in [1.54, 1.807) is 26.2 Å². The molecule has 0 spiro atoms. The Bertz CT molecular complexity index is 1200. The summed E-state index contributed by atoms with van der Waals surface area (Å²) in [5.41, 5.74) is -0.896. The number of hydrogen-bond donors (Lipinski definition) is 1. The van der Waals surface area contributed by atoms with E-state index in [2.05, 4.69) is 9.62 Å². The molecule has 2 fully saturated rings. The SMILES string of the molecule is CC1(C)CS(=O)(=O)N(c2ccc(S(=O)(=O)NCC(c3ccco3)N3CCCCC3)cc2)C1=O. The summed E-state index contributed by atoms with van der Waals surface area (Å²) in [5, 5.41) is 0. The minimum absolute atomic E-state index is 0.00797. The second-order valence-corrected chi connectivity index (χ2v) is 12.8. The van der Waals surface area contributed by atoms with Crippen molar-refractivity contribution in [3.05, 3.63) is 48.4 Å². The van der Waals surface area contributed by atoms with Gasteiger partial charge in [-0.25, -0.2) is 25.9 Å². The summed E-state index contributed by atoms with van der Waals surface area (Å²) in [6, 6.07) is 8.73. The minimum Gasteiger partial charge on any atom is -0.468 e. The maximum Gasteiger partial charge on any atom is 0.247 e. The highest BCUT2D eigenvalue weighted by Gasteiger charge is 2.49. The van der Waals surface area contributed by atoms with Crippen LogP contribution in [0.5, 0.6) is 0 Å². The highest BCUT2D eigenvalue weighted by molar-refractivity contribution is 7.94. The molecule has 2 aliphatic heterocycles. The van der Waals surface area contributed by atoms with Crippen LogP contribution in [0.4, 0.5) is 5.69 Å². The fourth-order valence-corrected chi connectivity index (χ4v) is 7.56. The molecule has 1 N–H and O–H groups in total. The fourth-order valence-electron chi connectivity index (χ4n) is 4.41. The van der Waals surface area contributed by atoms with Crippen molar-refractivity contribution < 1.29 is 26.0 Å². The molecule has 1 aromatic heterocycles. The zero-order chi connectivity index (χ0) is 23.9. The normalized spacial score (nSPS) is 21.9. The van der Waals surface area contributed by atoms with Crippen molar-refractivity contribution in [1.29, 1.82) is 0 Å². The molecule has 2 aromatic rings. The Labute approximate surface area is 194 Å². The van der Waals surface area contributed by atoms with Crippen LogP contribution >= 0.6 is 0 Å². The van der Waals surface area contributed by atoms with Crippen molar-refractivity contribution >= 4 is 31.6 Å². The summed E-state index contributed by atoms with van der Waals surface area (Å²) in [6.07, 6.45) is 4.85. The fraction of sp³-hybridized carbons (Fsp3) is 0.500. The number of furan rings is 1. The van der Waals surface area contributed by atoms with Gasteiger partial charge in [0.15, 0.2) is 0 Å². The third-order valence-electron chi connectivity index (χ3n) is 6.14. The first-order valence-corrected chi connectivity index (χ1v) is 14.1. The quantitative estimate of drug-likeness (QED) is 0.627. The molecule has 3 heterocycles. The summed E-state index contributed by atoms with van der Waals surface area (Å²) in [5.74, 6) is -0.111. The Balaban J connectivity index is 1.51. The van der Waals surface area contributed by atoms with Crippen LogP contribution in [0, 0.1) is 5.41 Å². The molecule has 33 heavy (non-hydrogen) atoms. The number of likely N-dealkylation sites (tertiary alicyclic amines) is 1. The molecular formula is C22H29N3O6S2. The maximum absolute atomic E-state index is 13.0. The van der Waals surface area contributed by atoms with E-state index in [0.717, 1.165) is 36.7 Å². The van der Waals surface area contributed by atoms with Gasteiger partial charge < -0.3 is 4.42 Å². The molecule has 1 atom stereocenters. The van der Waals surface area contributed by atoms with Gasteiger partial charge in [-0.1, -0.05) is 6.42 Å². The highest BCUT2D eigenvalue weighted by atomic mass is 32.2. The maximum atomic E-state index is 13.0. The van der Waals surface area contributed by atoms with Crippen molar-refractivity contribution in [1.82, 2.24) is 9.62 Å². The summed E-state index contributed by atoms with van der Waals surface area (Å²) in [7, 11) is -7.66. The third-order valence-corrected chi connectivity index (χ3v) is 9.60. The molecule has 1 amide bonds. The average molecular weight is 496 g/mol. The number of amides is 1. The molecule has 0 bridgehead atoms. The van der Waals surface area contributed by atoms with E-state index in [9.17, 15) is 21.6 Å². The molecule has 2 aliphatic rings. The van der Waals surface area contributed by atoms with E-state index < -0.39 is 31.4 Å². The predicted octanol–water partition coefficient (Wildman–Crippen LogP) is 2.49. The molecular weight excluding hydrogens is 466 g/mol. The van der Waals surface area contributed by atoms with Crippen molar-refractivity contribution in [2.24, 2.45) is 5.41 Å². The van der Waals surface area contributed by atoms with Crippen LogP contribution in [-0.2, 0) is 24.8 Å². The number of anilines is 1. The minimum atomic E-state index is -3.86. The van der Waals surface area contributed by atoms with Crippen LogP contribution in [-0.4, -0.2) is 53.0 Å². The van der Waals surface area contributed by atoms with Gasteiger partial charge in [0.1, 0.15) is 5.76 Å². The smallest absolute Gasteiger partial charge is 0.247 e. The zero-order valence-electron chi connectivity index (χ0n) is 18.7. The number of rotatable bonds is 7. The first-order chi connectivity index (χ1) is 15.5. The molecule has 2 saturated heterocycles. The lowest BCUT2D eigenvalue weighted by molar-refractivity contribution is -0.123. The van der Waals surface area contributed by atoms with E-state index in [4.69, 9.17) is 4.42 Å². The van der Waals surface area contributed by atoms with Gasteiger partial charge in [0.2, 0.25) is 26.0 Å².